The van der Waals surface area contributed by atoms with Gasteiger partial charge in [-0.05, 0) is 44.9 Å². The van der Waals surface area contributed by atoms with Crippen LogP contribution in [0.3, 0.4) is 0 Å². The number of sulfonamides is 1. The van der Waals surface area contributed by atoms with Crippen LogP contribution in [0, 0.1) is 0 Å². The minimum absolute atomic E-state index is 0.0465. The van der Waals surface area contributed by atoms with E-state index in [1.807, 2.05) is 13.8 Å². The average molecular weight is 345 g/mol. The fraction of sp³-hybridized carbons (Fsp3) is 0.533. The Morgan fingerprint density at radius 1 is 1.27 bits per heavy atom. The number of carbonyl (C=O) groups excluding carboxylic acids is 1. The van der Waals surface area contributed by atoms with Crippen molar-refractivity contribution in [3.05, 3.63) is 28.8 Å². The van der Waals surface area contributed by atoms with E-state index in [0.29, 0.717) is 0 Å². The van der Waals surface area contributed by atoms with Crippen LogP contribution in [-0.2, 0) is 10.0 Å². The third-order valence-corrected chi connectivity index (χ3v) is 5.82. The Balaban J connectivity index is 2.45. The molecule has 1 aliphatic carbocycles. The molecule has 0 aromatic heterocycles. The molecule has 0 atom stereocenters. The molecule has 1 fully saturated rings. The van der Waals surface area contributed by atoms with Crippen molar-refractivity contribution in [1.29, 1.82) is 0 Å². The Kier molecular flexibility index (Phi) is 4.84. The highest BCUT2D eigenvalue weighted by molar-refractivity contribution is 7.89. The number of amides is 1. The van der Waals surface area contributed by atoms with E-state index in [9.17, 15) is 13.2 Å². The lowest BCUT2D eigenvalue weighted by molar-refractivity contribution is 0.0690. The van der Waals surface area contributed by atoms with Crippen LogP contribution in [0.25, 0.3) is 0 Å². The molecule has 0 aliphatic heterocycles. The Hall–Kier alpha value is -1.11. The lowest BCUT2D eigenvalue weighted by atomic mass is 10.1. The van der Waals surface area contributed by atoms with Crippen molar-refractivity contribution in [3.63, 3.8) is 0 Å². The van der Waals surface area contributed by atoms with Crippen LogP contribution in [0.15, 0.2) is 23.1 Å². The van der Waals surface area contributed by atoms with Gasteiger partial charge in [0.2, 0.25) is 10.0 Å². The average Bonchev–Trinajstić information content (AvgIpc) is 3.22. The molecule has 0 unspecified atom stereocenters. The zero-order valence-corrected chi connectivity index (χ0v) is 14.8. The number of benzene rings is 1. The van der Waals surface area contributed by atoms with Crippen molar-refractivity contribution < 1.29 is 13.2 Å². The molecule has 0 radical (unpaired) electrons. The first-order valence-electron chi connectivity index (χ1n) is 7.21. The predicted octanol–water partition coefficient (Wildman–Crippen LogP) is 2.60. The van der Waals surface area contributed by atoms with E-state index in [2.05, 4.69) is 0 Å². The van der Waals surface area contributed by atoms with E-state index in [0.717, 1.165) is 17.1 Å². The molecule has 22 heavy (non-hydrogen) atoms. The first kappa shape index (κ1) is 17.2. The summed E-state index contributed by atoms with van der Waals surface area (Å²) in [5.41, 5.74) is 0.241. The number of rotatable bonds is 5. The van der Waals surface area contributed by atoms with Gasteiger partial charge in [-0.25, -0.2) is 12.7 Å². The highest BCUT2D eigenvalue weighted by Gasteiger charge is 2.35. The first-order valence-corrected chi connectivity index (χ1v) is 9.02. The summed E-state index contributed by atoms with van der Waals surface area (Å²) < 4.78 is 25.6. The second-order valence-corrected chi connectivity index (χ2v) is 8.53. The highest BCUT2D eigenvalue weighted by atomic mass is 35.5. The molecule has 0 spiro atoms. The van der Waals surface area contributed by atoms with Gasteiger partial charge in [-0.2, -0.15) is 0 Å². The molecule has 1 amide bonds. The van der Waals surface area contributed by atoms with Crippen LogP contribution in [0.1, 0.15) is 37.0 Å². The van der Waals surface area contributed by atoms with Crippen molar-refractivity contribution in [3.8, 4) is 0 Å². The molecular formula is C15H21ClN2O3S. The normalized spacial score (nSPS) is 15.4. The van der Waals surface area contributed by atoms with Crippen molar-refractivity contribution in [2.75, 3.05) is 14.1 Å². The highest BCUT2D eigenvalue weighted by Crippen LogP contribution is 2.32. The standard InChI is InChI=1S/C15H21ClN2O3S/c1-10(2)18(11-5-6-11)15(19)13-9-12(7-8-14(13)16)22(20,21)17(3)4/h7-11H,5-6H2,1-4H3. The minimum Gasteiger partial charge on any atom is -0.333 e. The molecule has 1 aromatic carbocycles. The summed E-state index contributed by atoms with van der Waals surface area (Å²) >= 11 is 6.14. The number of nitrogens with zero attached hydrogens (tertiary/aromatic N) is 2. The summed E-state index contributed by atoms with van der Waals surface area (Å²) in [6.07, 6.45) is 1.97. The number of hydrogen-bond donors (Lipinski definition) is 0. The molecule has 1 aliphatic rings. The van der Waals surface area contributed by atoms with E-state index < -0.39 is 10.0 Å². The van der Waals surface area contributed by atoms with Gasteiger partial charge >= 0.3 is 0 Å². The molecule has 122 valence electrons. The van der Waals surface area contributed by atoms with Gasteiger partial charge in [-0.1, -0.05) is 11.6 Å². The van der Waals surface area contributed by atoms with Crippen LogP contribution >= 0.6 is 11.6 Å². The maximum atomic E-state index is 12.8. The van der Waals surface area contributed by atoms with Crippen LogP contribution < -0.4 is 0 Å². The fourth-order valence-electron chi connectivity index (χ4n) is 2.35. The van der Waals surface area contributed by atoms with Crippen molar-refractivity contribution >= 4 is 27.5 Å². The Bertz CT molecular complexity index is 680. The van der Waals surface area contributed by atoms with Gasteiger partial charge in [-0.15, -0.1) is 0 Å². The molecular weight excluding hydrogens is 324 g/mol. The van der Waals surface area contributed by atoms with Crippen molar-refractivity contribution in [1.82, 2.24) is 9.21 Å². The molecule has 0 saturated heterocycles. The summed E-state index contributed by atoms with van der Waals surface area (Å²) in [7, 11) is -0.687. The van der Waals surface area contributed by atoms with Gasteiger partial charge in [0.15, 0.2) is 0 Å². The predicted molar refractivity (Wildman–Crippen MR) is 86.7 cm³/mol. The fourth-order valence-corrected chi connectivity index (χ4v) is 3.48. The Morgan fingerprint density at radius 2 is 1.86 bits per heavy atom. The maximum absolute atomic E-state index is 12.8. The quantitative estimate of drug-likeness (QED) is 0.825. The lowest BCUT2D eigenvalue weighted by Crippen LogP contribution is -2.39. The number of halogens is 1. The summed E-state index contributed by atoms with van der Waals surface area (Å²) in [6.45, 7) is 3.90. The van der Waals surface area contributed by atoms with Crippen LogP contribution in [-0.4, -0.2) is 49.7 Å². The van der Waals surface area contributed by atoms with Gasteiger partial charge in [-0.3, -0.25) is 4.79 Å². The SMILES string of the molecule is CC(C)N(C(=O)c1cc(S(=O)(=O)N(C)C)ccc1Cl)C1CC1. The van der Waals surface area contributed by atoms with Crippen molar-refractivity contribution in [2.45, 2.75) is 43.7 Å². The van der Waals surface area contributed by atoms with Crippen LogP contribution in [0.2, 0.25) is 5.02 Å². The third-order valence-electron chi connectivity index (χ3n) is 3.68. The van der Waals surface area contributed by atoms with E-state index >= 15 is 0 Å². The molecule has 1 saturated carbocycles. The lowest BCUT2D eigenvalue weighted by Gasteiger charge is -2.27. The summed E-state index contributed by atoms with van der Waals surface area (Å²) in [5, 5.41) is 0.272. The van der Waals surface area contributed by atoms with Crippen LogP contribution in [0.5, 0.6) is 0 Å². The van der Waals surface area contributed by atoms with Gasteiger partial charge in [0.1, 0.15) is 0 Å². The van der Waals surface area contributed by atoms with Crippen LogP contribution in [0.4, 0.5) is 0 Å². The smallest absolute Gasteiger partial charge is 0.255 e. The van der Waals surface area contributed by atoms with E-state index in [1.165, 1.54) is 32.3 Å². The Labute approximate surface area is 136 Å². The third kappa shape index (κ3) is 3.29. The molecule has 0 bridgehead atoms. The Morgan fingerprint density at radius 3 is 2.32 bits per heavy atom. The van der Waals surface area contributed by atoms with Gasteiger partial charge in [0.25, 0.3) is 5.91 Å². The topological polar surface area (TPSA) is 57.7 Å². The van der Waals surface area contributed by atoms with Gasteiger partial charge < -0.3 is 4.90 Å². The molecule has 0 heterocycles. The minimum atomic E-state index is -3.60. The van der Waals surface area contributed by atoms with E-state index in [4.69, 9.17) is 11.6 Å². The van der Waals surface area contributed by atoms with Crippen molar-refractivity contribution in [2.24, 2.45) is 0 Å². The molecule has 7 heteroatoms. The molecule has 0 N–H and O–H groups in total. The monoisotopic (exact) mass is 344 g/mol. The molecule has 2 rings (SSSR count). The second-order valence-electron chi connectivity index (χ2n) is 5.97. The zero-order chi connectivity index (χ0) is 16.7. The molecule has 1 aromatic rings. The van der Waals surface area contributed by atoms with Gasteiger partial charge in [0, 0.05) is 26.2 Å². The summed E-state index contributed by atoms with van der Waals surface area (Å²) in [6, 6.07) is 4.54. The second kappa shape index (κ2) is 6.18. The van der Waals surface area contributed by atoms with E-state index in [-0.39, 0.29) is 33.5 Å². The summed E-state index contributed by atoms with van der Waals surface area (Å²) in [4.78, 5) is 14.6. The largest absolute Gasteiger partial charge is 0.333 e. The summed E-state index contributed by atoms with van der Waals surface area (Å²) in [5.74, 6) is -0.210. The number of carbonyl (C=O) groups is 1. The van der Waals surface area contributed by atoms with Gasteiger partial charge in [0.05, 0.1) is 15.5 Å². The maximum Gasteiger partial charge on any atom is 0.255 e. The molecule has 5 nitrogen and oxygen atoms in total. The number of hydrogen-bond acceptors (Lipinski definition) is 3. The first-order chi connectivity index (χ1) is 10.2. The zero-order valence-electron chi connectivity index (χ0n) is 13.2. The van der Waals surface area contributed by atoms with E-state index in [1.54, 1.807) is 4.90 Å².